The fourth-order valence-electron chi connectivity index (χ4n) is 3.54. The highest BCUT2D eigenvalue weighted by atomic mass is 16.9. The largest absolute Gasteiger partial charge is 0.489 e. The average Bonchev–Trinajstić information content (AvgIpc) is 3.13. The normalized spacial score (nSPS) is 29.5. The van der Waals surface area contributed by atoms with E-state index in [1.54, 1.807) is 0 Å². The van der Waals surface area contributed by atoms with Gasteiger partial charge >= 0.3 is 5.97 Å². The molecule has 152 valence electrons. The number of epoxide rings is 1. The van der Waals surface area contributed by atoms with Crippen LogP contribution in [0.3, 0.4) is 0 Å². The maximum Gasteiger partial charge on any atom is 0.350 e. The predicted octanol–water partition coefficient (Wildman–Crippen LogP) is 4.85. The lowest BCUT2D eigenvalue weighted by molar-refractivity contribution is -0.266. The van der Waals surface area contributed by atoms with Crippen LogP contribution in [0.15, 0.2) is 35.9 Å². The quantitative estimate of drug-likeness (QED) is 0.516. The summed E-state index contributed by atoms with van der Waals surface area (Å²) in [6.07, 6.45) is 8.40. The summed E-state index contributed by atoms with van der Waals surface area (Å²) in [6, 6.07) is 5.83. The molecule has 0 aliphatic carbocycles. The molecule has 1 aromatic carbocycles. The lowest BCUT2D eigenvalue weighted by Crippen LogP contribution is -2.38. The molecule has 3 heterocycles. The Morgan fingerprint density at radius 1 is 1.25 bits per heavy atom. The van der Waals surface area contributed by atoms with Crippen LogP contribution < -0.4 is 9.47 Å². The van der Waals surface area contributed by atoms with Gasteiger partial charge in [-0.2, -0.15) is 0 Å². The molecule has 4 rings (SSSR count). The molecule has 5 heteroatoms. The van der Waals surface area contributed by atoms with E-state index in [0.29, 0.717) is 25.1 Å². The summed E-state index contributed by atoms with van der Waals surface area (Å²) in [5.74, 6) is 0.327. The number of ether oxygens (including phenoxy) is 5. The summed E-state index contributed by atoms with van der Waals surface area (Å²) in [5, 5.41) is 0. The van der Waals surface area contributed by atoms with E-state index in [0.717, 1.165) is 24.2 Å². The third-order valence-electron chi connectivity index (χ3n) is 5.39. The zero-order chi connectivity index (χ0) is 20.0. The molecule has 5 nitrogen and oxygen atoms in total. The van der Waals surface area contributed by atoms with Crippen molar-refractivity contribution in [2.24, 2.45) is 0 Å². The monoisotopic (exact) mass is 386 g/mol. The van der Waals surface area contributed by atoms with E-state index in [9.17, 15) is 0 Å². The number of benzene rings is 1. The molecular formula is C23H30O5. The molecule has 0 aromatic heterocycles. The highest BCUT2D eigenvalue weighted by Crippen LogP contribution is 2.41. The highest BCUT2D eigenvalue weighted by molar-refractivity contribution is 5.62. The minimum Gasteiger partial charge on any atom is -0.489 e. The van der Waals surface area contributed by atoms with Gasteiger partial charge in [0.05, 0.1) is 23.9 Å². The second kappa shape index (κ2) is 6.90. The fraction of sp³-hybridized carbons (Fsp3) is 0.565. The van der Waals surface area contributed by atoms with Gasteiger partial charge < -0.3 is 23.7 Å². The molecule has 1 aromatic rings. The molecule has 2 saturated heterocycles. The van der Waals surface area contributed by atoms with Crippen molar-refractivity contribution in [3.63, 3.8) is 0 Å². The molecular weight excluding hydrogens is 356 g/mol. The lowest BCUT2D eigenvalue weighted by atomic mass is 10.0. The van der Waals surface area contributed by atoms with Gasteiger partial charge in [-0.25, -0.2) is 0 Å². The molecule has 0 radical (unpaired) electrons. The Kier molecular flexibility index (Phi) is 4.81. The Labute approximate surface area is 167 Å². The van der Waals surface area contributed by atoms with Gasteiger partial charge in [0.2, 0.25) is 0 Å². The topological polar surface area (TPSA) is 49.5 Å². The molecule has 0 saturated carbocycles. The van der Waals surface area contributed by atoms with E-state index < -0.39 is 5.97 Å². The first-order valence-corrected chi connectivity index (χ1v) is 9.99. The van der Waals surface area contributed by atoms with E-state index in [4.69, 9.17) is 23.7 Å². The molecule has 3 aliphatic heterocycles. The zero-order valence-corrected chi connectivity index (χ0v) is 17.4. The van der Waals surface area contributed by atoms with Crippen LogP contribution >= 0.6 is 0 Å². The number of fused-ring (bicyclic) bond motifs is 1. The maximum absolute atomic E-state index is 6.03. The Morgan fingerprint density at radius 2 is 2.04 bits per heavy atom. The van der Waals surface area contributed by atoms with Gasteiger partial charge in [0, 0.05) is 17.7 Å². The third-order valence-corrected chi connectivity index (χ3v) is 5.39. The first-order valence-electron chi connectivity index (χ1n) is 9.99. The molecule has 28 heavy (non-hydrogen) atoms. The van der Waals surface area contributed by atoms with E-state index in [-0.39, 0.29) is 11.2 Å². The van der Waals surface area contributed by atoms with Crippen LogP contribution in [0.2, 0.25) is 0 Å². The Bertz CT molecular complexity index is 807. The van der Waals surface area contributed by atoms with Gasteiger partial charge in [-0.1, -0.05) is 5.57 Å². The van der Waals surface area contributed by atoms with Gasteiger partial charge in [0.1, 0.15) is 18.1 Å². The Morgan fingerprint density at radius 3 is 2.71 bits per heavy atom. The van der Waals surface area contributed by atoms with E-state index in [1.807, 2.05) is 44.2 Å². The van der Waals surface area contributed by atoms with Gasteiger partial charge in [0.25, 0.3) is 0 Å². The van der Waals surface area contributed by atoms with Gasteiger partial charge in [-0.05, 0) is 71.7 Å². The van der Waals surface area contributed by atoms with Gasteiger partial charge in [0.15, 0.2) is 0 Å². The number of rotatable bonds is 6. The lowest BCUT2D eigenvalue weighted by Gasteiger charge is -2.30. The minimum absolute atomic E-state index is 0.0632. The standard InChI is InChI=1S/C23H30O5/c1-16(6-9-20-22(4,5)27-20)11-13-24-18-8-7-17-10-12-23(26-19(17)14-18)25-15-21(2,3)28-23/h7-8,10-12,14,20H,6,9,13,15H2,1-5H3/b16-11+. The average molecular weight is 386 g/mol. The number of allylic oxidation sites excluding steroid dienone is 1. The van der Waals surface area contributed by atoms with Crippen molar-refractivity contribution < 1.29 is 23.7 Å². The van der Waals surface area contributed by atoms with Gasteiger partial charge in [-0.15, -0.1) is 0 Å². The van der Waals surface area contributed by atoms with Crippen LogP contribution in [-0.4, -0.2) is 36.5 Å². The predicted molar refractivity (Wildman–Crippen MR) is 107 cm³/mol. The van der Waals surface area contributed by atoms with Crippen molar-refractivity contribution in [1.29, 1.82) is 0 Å². The summed E-state index contributed by atoms with van der Waals surface area (Å²) >= 11 is 0. The summed E-state index contributed by atoms with van der Waals surface area (Å²) in [5.41, 5.74) is 1.98. The van der Waals surface area contributed by atoms with Crippen molar-refractivity contribution in [3.8, 4) is 11.5 Å². The van der Waals surface area contributed by atoms with Crippen LogP contribution in [0, 0.1) is 0 Å². The Hall–Kier alpha value is -1.82. The third kappa shape index (κ3) is 4.27. The van der Waals surface area contributed by atoms with Crippen molar-refractivity contribution in [1.82, 2.24) is 0 Å². The molecule has 0 amide bonds. The van der Waals surface area contributed by atoms with E-state index in [2.05, 4.69) is 26.8 Å². The van der Waals surface area contributed by atoms with Gasteiger partial charge in [-0.3, -0.25) is 0 Å². The second-order valence-corrected chi connectivity index (χ2v) is 9.00. The van der Waals surface area contributed by atoms with Crippen LogP contribution in [0.4, 0.5) is 0 Å². The number of hydrogen-bond donors (Lipinski definition) is 0. The van der Waals surface area contributed by atoms with Crippen LogP contribution in [0.25, 0.3) is 6.08 Å². The summed E-state index contributed by atoms with van der Waals surface area (Å²) < 4.78 is 29.3. The number of hydrogen-bond acceptors (Lipinski definition) is 5. The smallest absolute Gasteiger partial charge is 0.350 e. The summed E-state index contributed by atoms with van der Waals surface area (Å²) in [6.45, 7) is 11.4. The van der Waals surface area contributed by atoms with Crippen LogP contribution in [0.5, 0.6) is 11.5 Å². The van der Waals surface area contributed by atoms with Crippen molar-refractivity contribution >= 4 is 6.08 Å². The zero-order valence-electron chi connectivity index (χ0n) is 17.4. The summed E-state index contributed by atoms with van der Waals surface area (Å²) in [4.78, 5) is 0. The van der Waals surface area contributed by atoms with E-state index >= 15 is 0 Å². The van der Waals surface area contributed by atoms with E-state index in [1.165, 1.54) is 5.57 Å². The molecule has 2 fully saturated rings. The molecule has 1 spiro atoms. The SMILES string of the molecule is C/C(=C\COc1ccc2c(c1)OC1(C=C2)OCC(C)(C)O1)CCC1OC1(C)C. The van der Waals surface area contributed by atoms with Crippen LogP contribution in [-0.2, 0) is 14.2 Å². The first-order chi connectivity index (χ1) is 13.2. The molecule has 0 N–H and O–H groups in total. The molecule has 2 unspecified atom stereocenters. The fourth-order valence-corrected chi connectivity index (χ4v) is 3.54. The van der Waals surface area contributed by atoms with Crippen molar-refractivity contribution in [2.75, 3.05) is 13.2 Å². The molecule has 0 bridgehead atoms. The molecule has 3 aliphatic rings. The maximum atomic E-state index is 6.03. The minimum atomic E-state index is -1.13. The first kappa shape index (κ1) is 19.5. The second-order valence-electron chi connectivity index (χ2n) is 9.00. The van der Waals surface area contributed by atoms with Crippen LogP contribution in [0.1, 0.15) is 53.0 Å². The highest BCUT2D eigenvalue weighted by Gasteiger charge is 2.48. The summed E-state index contributed by atoms with van der Waals surface area (Å²) in [7, 11) is 0. The van der Waals surface area contributed by atoms with Crippen molar-refractivity contribution in [3.05, 3.63) is 41.5 Å². The molecule has 2 atom stereocenters. The van der Waals surface area contributed by atoms with Crippen molar-refractivity contribution in [2.45, 2.75) is 70.7 Å². The Balaban J connectivity index is 1.32.